The maximum atomic E-state index is 6.48. The van der Waals surface area contributed by atoms with Crippen molar-refractivity contribution in [2.45, 2.75) is 64.6 Å². The van der Waals surface area contributed by atoms with Crippen LogP contribution in [-0.2, 0) is 22.5 Å². The van der Waals surface area contributed by atoms with Crippen molar-refractivity contribution in [3.63, 3.8) is 0 Å². The van der Waals surface area contributed by atoms with Gasteiger partial charge in [0, 0.05) is 34.0 Å². The van der Waals surface area contributed by atoms with Gasteiger partial charge in [-0.15, -0.1) is 0 Å². The Balaban J connectivity index is 1.20. The molecule has 0 fully saturated rings. The predicted octanol–water partition coefficient (Wildman–Crippen LogP) is 11.0. The third kappa shape index (κ3) is 8.28. The Hall–Kier alpha value is -3.80. The van der Waals surface area contributed by atoms with Crippen LogP contribution in [0.3, 0.4) is 0 Å². The van der Waals surface area contributed by atoms with E-state index in [0.717, 1.165) is 108 Å². The number of rotatable bonds is 12. The van der Waals surface area contributed by atoms with Gasteiger partial charge in [-0.3, -0.25) is 0 Å². The van der Waals surface area contributed by atoms with E-state index in [1.807, 2.05) is 72.8 Å². The van der Waals surface area contributed by atoms with Crippen LogP contribution in [0.4, 0.5) is 0 Å². The molecular weight excluding hydrogens is 602 g/mol. The van der Waals surface area contributed by atoms with Crippen molar-refractivity contribution in [1.29, 1.82) is 0 Å². The van der Waals surface area contributed by atoms with Crippen molar-refractivity contribution in [1.82, 2.24) is 0 Å². The molecule has 0 spiro atoms. The number of allylic oxidation sites excluding steroid dienone is 4. The second-order valence-electron chi connectivity index (χ2n) is 11.4. The highest BCUT2D eigenvalue weighted by molar-refractivity contribution is 6.31. The molecule has 6 rings (SSSR count). The maximum Gasteiger partial charge on any atom is 0.657 e. The van der Waals surface area contributed by atoms with Crippen LogP contribution in [0.1, 0.15) is 73.6 Å². The van der Waals surface area contributed by atoms with Crippen LogP contribution in [0.2, 0.25) is 10.0 Å². The first kappa shape index (κ1) is 31.2. The number of hydrogen-bond donors (Lipinski definition) is 0. The number of benzene rings is 4. The fourth-order valence-electron chi connectivity index (χ4n) is 5.92. The smallest absolute Gasteiger partial charge is 0.529 e. The molecule has 0 bridgehead atoms. The SMILES string of the molecule is Clc1ccc(OCc2ccccc2)c(C2=C(O[B]OC3=C(c4cc(Cl)ccc4OCc4ccccc4)CCCC3)CCCC2)c1. The van der Waals surface area contributed by atoms with E-state index in [9.17, 15) is 0 Å². The summed E-state index contributed by atoms with van der Waals surface area (Å²) in [5.41, 5.74) is 6.38. The van der Waals surface area contributed by atoms with E-state index >= 15 is 0 Å². The third-order valence-electron chi connectivity index (χ3n) is 8.22. The van der Waals surface area contributed by atoms with Crippen LogP contribution in [-0.4, -0.2) is 7.69 Å². The van der Waals surface area contributed by atoms with E-state index in [-0.39, 0.29) is 0 Å². The van der Waals surface area contributed by atoms with E-state index in [2.05, 4.69) is 24.3 Å². The van der Waals surface area contributed by atoms with E-state index in [4.69, 9.17) is 42.0 Å². The number of hydrogen-bond acceptors (Lipinski definition) is 4. The van der Waals surface area contributed by atoms with Gasteiger partial charge in [0.25, 0.3) is 0 Å². The Morgan fingerprint density at radius 1 is 0.511 bits per heavy atom. The minimum absolute atomic E-state index is 0.478. The topological polar surface area (TPSA) is 36.9 Å². The summed E-state index contributed by atoms with van der Waals surface area (Å²) in [5, 5.41) is 1.33. The van der Waals surface area contributed by atoms with E-state index in [1.165, 1.54) is 7.69 Å². The van der Waals surface area contributed by atoms with Gasteiger partial charge < -0.3 is 18.8 Å². The van der Waals surface area contributed by atoms with Crippen LogP contribution >= 0.6 is 23.2 Å². The van der Waals surface area contributed by atoms with Gasteiger partial charge in [0.05, 0.1) is 11.5 Å². The van der Waals surface area contributed by atoms with Gasteiger partial charge in [0.1, 0.15) is 24.7 Å². The molecule has 4 nitrogen and oxygen atoms in total. The normalized spacial score (nSPS) is 15.1. The van der Waals surface area contributed by atoms with Gasteiger partial charge in [0.2, 0.25) is 0 Å². The first-order valence-corrected chi connectivity index (χ1v) is 16.4. The highest BCUT2D eigenvalue weighted by atomic mass is 35.5. The summed E-state index contributed by atoms with van der Waals surface area (Å²) in [6.07, 6.45) is 7.63. The predicted molar refractivity (Wildman–Crippen MR) is 183 cm³/mol. The molecule has 0 aliphatic heterocycles. The van der Waals surface area contributed by atoms with Crippen molar-refractivity contribution in [2.24, 2.45) is 0 Å². The molecule has 0 atom stereocenters. The summed E-state index contributed by atoms with van der Waals surface area (Å²) < 4.78 is 25.2. The lowest BCUT2D eigenvalue weighted by Crippen LogP contribution is -2.12. The van der Waals surface area contributed by atoms with Crippen LogP contribution in [0.5, 0.6) is 11.5 Å². The van der Waals surface area contributed by atoms with Gasteiger partial charge >= 0.3 is 7.69 Å². The average molecular weight is 638 g/mol. The van der Waals surface area contributed by atoms with Crippen molar-refractivity contribution in [2.75, 3.05) is 0 Å². The molecule has 1 radical (unpaired) electrons. The molecule has 0 saturated heterocycles. The number of halogens is 2. The van der Waals surface area contributed by atoms with Crippen LogP contribution < -0.4 is 9.47 Å². The average Bonchev–Trinajstić information content (AvgIpc) is 3.08. The molecule has 0 aromatic heterocycles. The van der Waals surface area contributed by atoms with Crippen molar-refractivity contribution >= 4 is 42.0 Å². The first-order chi connectivity index (χ1) is 22.1. The second kappa shape index (κ2) is 15.5. The summed E-state index contributed by atoms with van der Waals surface area (Å²) in [5.74, 6) is 3.37. The lowest BCUT2D eigenvalue weighted by atomic mass is 9.90. The standard InChI is InChI=1S/C38H36BCl2O4/c40-29-19-21-35(42-25-27-11-3-1-4-12-27)33(23-29)31-15-7-9-17-37(31)44-39-45-38-18-10-8-16-32(38)34-24-30(41)20-22-36(34)43-26-28-13-5-2-6-14-28/h1-6,11-14,19-24H,7-10,15-18,25-26H2. The zero-order valence-electron chi connectivity index (χ0n) is 25.3. The largest absolute Gasteiger partial charge is 0.657 e. The molecule has 4 aromatic rings. The monoisotopic (exact) mass is 637 g/mol. The molecule has 229 valence electrons. The summed E-state index contributed by atoms with van der Waals surface area (Å²) in [6, 6.07) is 31.9. The zero-order chi connectivity index (χ0) is 30.8. The summed E-state index contributed by atoms with van der Waals surface area (Å²) in [7, 11) is 1.49. The van der Waals surface area contributed by atoms with Crippen LogP contribution in [0.15, 0.2) is 109 Å². The van der Waals surface area contributed by atoms with Gasteiger partial charge in [-0.1, -0.05) is 83.9 Å². The highest BCUT2D eigenvalue weighted by Gasteiger charge is 2.23. The fourth-order valence-corrected chi connectivity index (χ4v) is 6.27. The lowest BCUT2D eigenvalue weighted by molar-refractivity contribution is 0.294. The van der Waals surface area contributed by atoms with Gasteiger partial charge in [0.15, 0.2) is 0 Å². The Morgan fingerprint density at radius 2 is 0.933 bits per heavy atom. The van der Waals surface area contributed by atoms with Crippen molar-refractivity contribution in [3.05, 3.63) is 141 Å². The molecule has 0 amide bonds. The van der Waals surface area contributed by atoms with E-state index < -0.39 is 0 Å². The summed E-state index contributed by atoms with van der Waals surface area (Å²) in [6.45, 7) is 0.956. The third-order valence-corrected chi connectivity index (χ3v) is 8.69. The van der Waals surface area contributed by atoms with Gasteiger partial charge in [-0.05, 0) is 97.2 Å². The molecule has 0 unspecified atom stereocenters. The molecular formula is C38H36BCl2O4. The molecule has 2 aliphatic rings. The first-order valence-electron chi connectivity index (χ1n) is 15.7. The lowest BCUT2D eigenvalue weighted by Gasteiger charge is -2.25. The van der Waals surface area contributed by atoms with E-state index in [1.54, 1.807) is 0 Å². The molecule has 2 aliphatic carbocycles. The zero-order valence-corrected chi connectivity index (χ0v) is 26.8. The minimum atomic E-state index is 0.478. The molecule has 4 aromatic carbocycles. The Bertz CT molecular complexity index is 1530. The fraction of sp³-hybridized carbons (Fsp3) is 0.263. The molecule has 0 N–H and O–H groups in total. The Kier molecular flexibility index (Phi) is 10.7. The molecule has 0 heterocycles. The minimum Gasteiger partial charge on any atom is -0.529 e. The molecule has 7 heteroatoms. The number of ether oxygens (including phenoxy) is 2. The maximum absolute atomic E-state index is 6.48. The van der Waals surface area contributed by atoms with Crippen molar-refractivity contribution in [3.8, 4) is 11.5 Å². The Labute approximate surface area is 276 Å². The summed E-state index contributed by atoms with van der Waals surface area (Å²) in [4.78, 5) is 0. The van der Waals surface area contributed by atoms with Crippen molar-refractivity contribution < 1.29 is 18.8 Å². The molecule has 0 saturated carbocycles. The quantitative estimate of drug-likeness (QED) is 0.145. The van der Waals surface area contributed by atoms with Gasteiger partial charge in [-0.2, -0.15) is 0 Å². The van der Waals surface area contributed by atoms with Crippen LogP contribution in [0, 0.1) is 0 Å². The Morgan fingerprint density at radius 3 is 1.38 bits per heavy atom. The van der Waals surface area contributed by atoms with E-state index in [0.29, 0.717) is 23.3 Å². The summed E-state index contributed by atoms with van der Waals surface area (Å²) >= 11 is 13.0. The highest BCUT2D eigenvalue weighted by Crippen LogP contribution is 2.41. The molecule has 45 heavy (non-hydrogen) atoms. The second-order valence-corrected chi connectivity index (χ2v) is 12.3. The van der Waals surface area contributed by atoms with Gasteiger partial charge in [-0.25, -0.2) is 0 Å². The van der Waals surface area contributed by atoms with Crippen LogP contribution in [0.25, 0.3) is 11.1 Å².